The fraction of sp³-hybridized carbons (Fsp3) is 0.647. The van der Waals surface area contributed by atoms with Gasteiger partial charge in [-0.1, -0.05) is 27.2 Å². The molecule has 0 spiro atoms. The second-order valence-electron chi connectivity index (χ2n) is 6.81. The highest BCUT2D eigenvalue weighted by atomic mass is 79.9. The maximum absolute atomic E-state index is 5.97. The molecular weight excluding hydrogens is 374 g/mol. The summed E-state index contributed by atoms with van der Waals surface area (Å²) in [4.78, 5) is 0. The molecule has 0 saturated heterocycles. The first-order valence-electron chi connectivity index (χ1n) is 8.43. The highest BCUT2D eigenvalue weighted by Gasteiger charge is 2.48. The lowest BCUT2D eigenvalue weighted by atomic mass is 9.64. The quantitative estimate of drug-likeness (QED) is 0.673. The first kappa shape index (κ1) is 17.6. The summed E-state index contributed by atoms with van der Waals surface area (Å²) < 4.78 is 17.7. The molecule has 2 aromatic heterocycles. The van der Waals surface area contributed by atoms with Gasteiger partial charge in [-0.15, -0.1) is 10.2 Å². The second-order valence-corrected chi connectivity index (χ2v) is 7.59. The fourth-order valence-corrected chi connectivity index (χ4v) is 3.26. The average Bonchev–Trinajstić information content (AvgIpc) is 3.18. The lowest BCUT2D eigenvalue weighted by Crippen LogP contribution is -2.60. The largest absolute Gasteiger partial charge is 0.444 e. The van der Waals surface area contributed by atoms with Gasteiger partial charge in [0, 0.05) is 18.1 Å². The Morgan fingerprint density at radius 3 is 2.83 bits per heavy atom. The lowest BCUT2D eigenvalue weighted by molar-refractivity contribution is -0.118. The Hall–Kier alpha value is -1.18. The van der Waals surface area contributed by atoms with Crippen LogP contribution in [-0.4, -0.2) is 29.0 Å². The van der Waals surface area contributed by atoms with Crippen LogP contribution in [0, 0.1) is 5.41 Å². The third kappa shape index (κ3) is 3.73. The number of hydrogen-bond acceptors (Lipinski definition) is 6. The zero-order chi connectivity index (χ0) is 17.2. The minimum absolute atomic E-state index is 0.114. The molecule has 132 valence electrons. The van der Waals surface area contributed by atoms with E-state index in [1.807, 2.05) is 0 Å². The highest BCUT2D eigenvalue weighted by molar-refractivity contribution is 9.10. The second kappa shape index (κ2) is 7.37. The monoisotopic (exact) mass is 397 g/mol. The molecule has 1 N–H and O–H groups in total. The Morgan fingerprint density at radius 1 is 1.33 bits per heavy atom. The molecule has 1 saturated carbocycles. The predicted molar refractivity (Wildman–Crippen MR) is 93.4 cm³/mol. The molecule has 0 bridgehead atoms. The topological polar surface area (TPSA) is 73.3 Å². The van der Waals surface area contributed by atoms with Crippen LogP contribution in [0.4, 0.5) is 0 Å². The summed E-state index contributed by atoms with van der Waals surface area (Å²) in [7, 11) is 0. The van der Waals surface area contributed by atoms with Gasteiger partial charge in [-0.05, 0) is 40.9 Å². The molecule has 2 heterocycles. The molecular formula is C17H24BrN3O3. The van der Waals surface area contributed by atoms with Gasteiger partial charge in [0.15, 0.2) is 10.4 Å². The molecule has 24 heavy (non-hydrogen) atoms. The van der Waals surface area contributed by atoms with Crippen molar-refractivity contribution in [3.05, 3.63) is 22.7 Å². The number of rotatable bonds is 8. The van der Waals surface area contributed by atoms with Crippen LogP contribution in [0.25, 0.3) is 11.7 Å². The van der Waals surface area contributed by atoms with Crippen LogP contribution in [0.15, 0.2) is 25.6 Å². The predicted octanol–water partition coefficient (Wildman–Crippen LogP) is 4.17. The van der Waals surface area contributed by atoms with E-state index in [1.54, 1.807) is 12.1 Å². The number of ether oxygens (including phenoxy) is 1. The Bertz CT molecular complexity index is 668. The van der Waals surface area contributed by atoms with Gasteiger partial charge in [-0.2, -0.15) is 0 Å². The van der Waals surface area contributed by atoms with E-state index in [0.29, 0.717) is 40.9 Å². The molecule has 0 radical (unpaired) electrons. The first-order valence-corrected chi connectivity index (χ1v) is 9.23. The van der Waals surface area contributed by atoms with Gasteiger partial charge in [-0.25, -0.2) is 0 Å². The number of hydrogen-bond donors (Lipinski definition) is 1. The zero-order valence-electron chi connectivity index (χ0n) is 14.3. The van der Waals surface area contributed by atoms with E-state index < -0.39 is 0 Å². The molecule has 0 aromatic carbocycles. The van der Waals surface area contributed by atoms with Crippen molar-refractivity contribution >= 4 is 15.9 Å². The van der Waals surface area contributed by atoms with Crippen molar-refractivity contribution in [3.63, 3.8) is 0 Å². The van der Waals surface area contributed by atoms with Gasteiger partial charge >= 0.3 is 0 Å². The van der Waals surface area contributed by atoms with E-state index in [4.69, 9.17) is 13.6 Å². The average molecular weight is 398 g/mol. The molecule has 2 atom stereocenters. The Kier molecular flexibility index (Phi) is 5.42. The van der Waals surface area contributed by atoms with Crippen molar-refractivity contribution in [1.29, 1.82) is 0 Å². The van der Waals surface area contributed by atoms with Crippen LogP contribution < -0.4 is 5.32 Å². The maximum atomic E-state index is 5.97. The van der Waals surface area contributed by atoms with E-state index in [1.165, 1.54) is 6.42 Å². The number of unbranched alkanes of at least 4 members (excludes halogenated alkanes) is 1. The summed E-state index contributed by atoms with van der Waals surface area (Å²) in [5, 5.41) is 11.6. The number of furan rings is 1. The van der Waals surface area contributed by atoms with Crippen molar-refractivity contribution in [3.8, 4) is 11.7 Å². The molecule has 1 aliphatic rings. The molecule has 1 aliphatic carbocycles. The number of halogens is 1. The Labute approximate surface area is 150 Å². The van der Waals surface area contributed by atoms with Gasteiger partial charge in [0.05, 0.1) is 12.6 Å². The number of aromatic nitrogens is 2. The molecule has 0 unspecified atom stereocenters. The Balaban J connectivity index is 1.49. The summed E-state index contributed by atoms with van der Waals surface area (Å²) >= 11 is 3.26. The Morgan fingerprint density at radius 2 is 2.17 bits per heavy atom. The summed E-state index contributed by atoms with van der Waals surface area (Å²) in [5.74, 6) is 1.52. The van der Waals surface area contributed by atoms with Crippen molar-refractivity contribution in [2.45, 2.75) is 58.7 Å². The minimum Gasteiger partial charge on any atom is -0.444 e. The van der Waals surface area contributed by atoms with E-state index in [2.05, 4.69) is 52.2 Å². The van der Waals surface area contributed by atoms with Crippen molar-refractivity contribution in [1.82, 2.24) is 15.5 Å². The third-order valence-corrected chi connectivity index (χ3v) is 5.17. The van der Waals surface area contributed by atoms with Gasteiger partial charge in [0.25, 0.3) is 5.89 Å². The van der Waals surface area contributed by atoms with Gasteiger partial charge < -0.3 is 18.9 Å². The van der Waals surface area contributed by atoms with E-state index in [0.717, 1.165) is 19.4 Å². The summed E-state index contributed by atoms with van der Waals surface area (Å²) in [6, 6.07) is 3.98. The van der Waals surface area contributed by atoms with E-state index in [9.17, 15) is 0 Å². The van der Waals surface area contributed by atoms with Gasteiger partial charge in [0.1, 0.15) is 0 Å². The molecule has 2 aromatic rings. The fourth-order valence-electron chi connectivity index (χ4n) is 2.95. The maximum Gasteiger partial charge on any atom is 0.283 e. The van der Waals surface area contributed by atoms with Crippen molar-refractivity contribution < 1.29 is 13.6 Å². The first-order chi connectivity index (χ1) is 11.5. The molecule has 0 aliphatic heterocycles. The SMILES string of the molecule is CCCCO[C@@H]1C[C@H](NCc2nnc(-c3ccc(Br)o3)o2)C1(C)C. The summed E-state index contributed by atoms with van der Waals surface area (Å²) in [5.41, 5.74) is 0.114. The van der Waals surface area contributed by atoms with Crippen LogP contribution in [0.3, 0.4) is 0 Å². The highest BCUT2D eigenvalue weighted by Crippen LogP contribution is 2.43. The van der Waals surface area contributed by atoms with Gasteiger partial charge in [-0.3, -0.25) is 0 Å². The molecule has 1 fully saturated rings. The smallest absolute Gasteiger partial charge is 0.283 e. The van der Waals surface area contributed by atoms with Crippen LogP contribution in [0.1, 0.15) is 45.9 Å². The summed E-state index contributed by atoms with van der Waals surface area (Å²) in [6.07, 6.45) is 3.63. The third-order valence-electron chi connectivity index (χ3n) is 4.75. The van der Waals surface area contributed by atoms with Crippen molar-refractivity contribution in [2.75, 3.05) is 6.61 Å². The minimum atomic E-state index is 0.114. The van der Waals surface area contributed by atoms with Gasteiger partial charge in [0.2, 0.25) is 5.89 Å². The van der Waals surface area contributed by atoms with Crippen LogP contribution in [0.5, 0.6) is 0 Å². The van der Waals surface area contributed by atoms with Crippen LogP contribution in [-0.2, 0) is 11.3 Å². The molecule has 6 nitrogen and oxygen atoms in total. The summed E-state index contributed by atoms with van der Waals surface area (Å²) in [6.45, 7) is 8.06. The lowest BCUT2D eigenvalue weighted by Gasteiger charge is -2.51. The standard InChI is InChI=1S/C17H24BrN3O3/c1-4-5-8-22-13-9-12(17(13,2)3)19-10-15-20-21-16(24-15)11-6-7-14(18)23-11/h6-7,12-13,19H,4-5,8-10H2,1-3H3/t12-,13+/m0/s1. The molecule has 0 amide bonds. The normalized spacial score (nSPS) is 22.5. The zero-order valence-corrected chi connectivity index (χ0v) is 15.9. The van der Waals surface area contributed by atoms with Crippen LogP contribution in [0.2, 0.25) is 0 Å². The molecule has 7 heteroatoms. The number of nitrogens with zero attached hydrogens (tertiary/aromatic N) is 2. The molecule has 3 rings (SSSR count). The van der Waals surface area contributed by atoms with Crippen molar-refractivity contribution in [2.24, 2.45) is 5.41 Å². The van der Waals surface area contributed by atoms with E-state index >= 15 is 0 Å². The van der Waals surface area contributed by atoms with E-state index in [-0.39, 0.29) is 5.41 Å². The van der Waals surface area contributed by atoms with Crippen LogP contribution >= 0.6 is 15.9 Å². The number of nitrogens with one attached hydrogen (secondary N) is 1.